The van der Waals surface area contributed by atoms with E-state index in [0.29, 0.717) is 24.3 Å². The molecule has 0 saturated heterocycles. The number of anilines is 1. The number of hydrogen-bond donors (Lipinski definition) is 2. The van der Waals surface area contributed by atoms with Gasteiger partial charge in [0.15, 0.2) is 0 Å². The van der Waals surface area contributed by atoms with Crippen LogP contribution < -0.4 is 15.8 Å². The second-order valence-electron chi connectivity index (χ2n) is 3.14. The van der Waals surface area contributed by atoms with Crippen molar-refractivity contribution in [3.8, 4) is 5.88 Å². The Morgan fingerprint density at radius 3 is 3.07 bits per heavy atom. The van der Waals surface area contributed by atoms with E-state index in [4.69, 9.17) is 10.5 Å². The van der Waals surface area contributed by atoms with Crippen molar-refractivity contribution in [3.63, 3.8) is 0 Å². The van der Waals surface area contributed by atoms with Crippen LogP contribution in [0.2, 0.25) is 0 Å². The van der Waals surface area contributed by atoms with Crippen molar-refractivity contribution in [2.24, 2.45) is 11.7 Å². The van der Waals surface area contributed by atoms with Gasteiger partial charge in [-0.05, 0) is 12.5 Å². The highest BCUT2D eigenvalue weighted by Crippen LogP contribution is 2.07. The van der Waals surface area contributed by atoms with Crippen molar-refractivity contribution < 1.29 is 4.74 Å². The zero-order valence-corrected chi connectivity index (χ0v) is 8.53. The Bertz CT molecular complexity index is 279. The molecule has 1 unspecified atom stereocenters. The van der Waals surface area contributed by atoms with E-state index in [1.165, 1.54) is 0 Å². The quantitative estimate of drug-likeness (QED) is 0.717. The summed E-state index contributed by atoms with van der Waals surface area (Å²) in [5, 5.41) is 3.09. The topological polar surface area (TPSA) is 73.1 Å². The molecule has 0 aromatic carbocycles. The molecule has 5 heteroatoms. The average Bonchev–Trinajstić information content (AvgIpc) is 2.26. The van der Waals surface area contributed by atoms with E-state index in [1.54, 1.807) is 19.4 Å². The zero-order chi connectivity index (χ0) is 10.4. The van der Waals surface area contributed by atoms with Gasteiger partial charge in [-0.25, -0.2) is 4.98 Å². The van der Waals surface area contributed by atoms with Gasteiger partial charge in [-0.3, -0.25) is 0 Å². The lowest BCUT2D eigenvalue weighted by atomic mass is 10.2. The molecule has 1 rings (SSSR count). The fourth-order valence-electron chi connectivity index (χ4n) is 0.890. The summed E-state index contributed by atoms with van der Waals surface area (Å²) in [5.41, 5.74) is 5.49. The highest BCUT2D eigenvalue weighted by Gasteiger charge is 2.01. The van der Waals surface area contributed by atoms with Crippen LogP contribution in [0.4, 0.5) is 5.95 Å². The van der Waals surface area contributed by atoms with Gasteiger partial charge in [0.1, 0.15) is 0 Å². The van der Waals surface area contributed by atoms with Crippen LogP contribution in [0.15, 0.2) is 12.3 Å². The molecule has 3 N–H and O–H groups in total. The molecule has 0 aliphatic carbocycles. The van der Waals surface area contributed by atoms with Crippen LogP contribution in [-0.2, 0) is 0 Å². The normalized spacial score (nSPS) is 12.2. The van der Waals surface area contributed by atoms with Crippen LogP contribution in [0, 0.1) is 5.92 Å². The number of nitrogens with two attached hydrogens (primary N) is 1. The Kier molecular flexibility index (Phi) is 4.12. The molecule has 0 saturated carbocycles. The van der Waals surface area contributed by atoms with Crippen LogP contribution >= 0.6 is 0 Å². The van der Waals surface area contributed by atoms with Crippen molar-refractivity contribution in [3.05, 3.63) is 12.3 Å². The minimum atomic E-state index is 0.407. The Hall–Kier alpha value is -1.36. The summed E-state index contributed by atoms with van der Waals surface area (Å²) in [6, 6.07) is 1.71. The van der Waals surface area contributed by atoms with Crippen molar-refractivity contribution in [1.82, 2.24) is 9.97 Å². The number of ether oxygens (including phenoxy) is 1. The van der Waals surface area contributed by atoms with Gasteiger partial charge >= 0.3 is 0 Å². The van der Waals surface area contributed by atoms with E-state index < -0.39 is 0 Å². The number of aromatic nitrogens is 2. The fourth-order valence-corrected chi connectivity index (χ4v) is 0.890. The Balaban J connectivity index is 2.50. The highest BCUT2D eigenvalue weighted by molar-refractivity contribution is 5.27. The second kappa shape index (κ2) is 5.39. The molecule has 5 nitrogen and oxygen atoms in total. The largest absolute Gasteiger partial charge is 0.481 e. The fraction of sp³-hybridized carbons (Fsp3) is 0.556. The summed E-state index contributed by atoms with van der Waals surface area (Å²) >= 11 is 0. The molecular formula is C9H16N4O. The van der Waals surface area contributed by atoms with Crippen molar-refractivity contribution in [2.75, 3.05) is 25.5 Å². The summed E-state index contributed by atoms with van der Waals surface area (Å²) in [5.74, 6) is 1.54. The number of methoxy groups -OCH3 is 1. The molecule has 0 aliphatic rings. The SMILES string of the molecule is COc1ccnc(NCC(C)CN)n1. The van der Waals surface area contributed by atoms with Crippen LogP contribution in [0.5, 0.6) is 5.88 Å². The van der Waals surface area contributed by atoms with E-state index in [-0.39, 0.29) is 0 Å². The van der Waals surface area contributed by atoms with E-state index in [2.05, 4.69) is 22.2 Å². The minimum absolute atomic E-state index is 0.407. The first kappa shape index (κ1) is 10.7. The number of hydrogen-bond acceptors (Lipinski definition) is 5. The van der Waals surface area contributed by atoms with Gasteiger partial charge in [0, 0.05) is 18.8 Å². The van der Waals surface area contributed by atoms with Crippen LogP contribution in [0.1, 0.15) is 6.92 Å². The van der Waals surface area contributed by atoms with Crippen molar-refractivity contribution in [1.29, 1.82) is 0 Å². The Labute approximate surface area is 83.7 Å². The average molecular weight is 196 g/mol. The summed E-state index contributed by atoms with van der Waals surface area (Å²) in [7, 11) is 1.58. The van der Waals surface area contributed by atoms with E-state index in [0.717, 1.165) is 6.54 Å². The third-order valence-corrected chi connectivity index (χ3v) is 1.85. The molecule has 0 spiro atoms. The van der Waals surface area contributed by atoms with Crippen molar-refractivity contribution in [2.45, 2.75) is 6.92 Å². The maximum atomic E-state index is 5.49. The molecule has 0 amide bonds. The monoisotopic (exact) mass is 196 g/mol. The molecule has 14 heavy (non-hydrogen) atoms. The highest BCUT2D eigenvalue weighted by atomic mass is 16.5. The van der Waals surface area contributed by atoms with E-state index in [9.17, 15) is 0 Å². The predicted molar refractivity (Wildman–Crippen MR) is 55.3 cm³/mol. The maximum absolute atomic E-state index is 5.49. The maximum Gasteiger partial charge on any atom is 0.225 e. The Morgan fingerprint density at radius 2 is 2.43 bits per heavy atom. The molecule has 0 fully saturated rings. The van der Waals surface area contributed by atoms with Gasteiger partial charge in [0.25, 0.3) is 0 Å². The minimum Gasteiger partial charge on any atom is -0.481 e. The molecule has 0 radical (unpaired) electrons. The smallest absolute Gasteiger partial charge is 0.225 e. The molecular weight excluding hydrogens is 180 g/mol. The van der Waals surface area contributed by atoms with Gasteiger partial charge < -0.3 is 15.8 Å². The van der Waals surface area contributed by atoms with Crippen molar-refractivity contribution >= 4 is 5.95 Å². The molecule has 0 bridgehead atoms. The van der Waals surface area contributed by atoms with Gasteiger partial charge in [-0.1, -0.05) is 6.92 Å². The zero-order valence-electron chi connectivity index (χ0n) is 8.53. The lowest BCUT2D eigenvalue weighted by Crippen LogP contribution is -2.20. The van der Waals surface area contributed by atoms with E-state index in [1.807, 2.05) is 0 Å². The van der Waals surface area contributed by atoms with Gasteiger partial charge in [0.05, 0.1) is 7.11 Å². The summed E-state index contributed by atoms with van der Waals surface area (Å²) in [6.45, 7) is 3.48. The first-order valence-corrected chi connectivity index (χ1v) is 4.57. The Morgan fingerprint density at radius 1 is 1.64 bits per heavy atom. The van der Waals surface area contributed by atoms with Gasteiger partial charge in [-0.2, -0.15) is 4.98 Å². The molecule has 1 aromatic rings. The van der Waals surface area contributed by atoms with Crippen LogP contribution in [0.3, 0.4) is 0 Å². The molecule has 1 aromatic heterocycles. The van der Waals surface area contributed by atoms with Gasteiger partial charge in [-0.15, -0.1) is 0 Å². The lowest BCUT2D eigenvalue weighted by molar-refractivity contribution is 0.397. The van der Waals surface area contributed by atoms with Gasteiger partial charge in [0.2, 0.25) is 11.8 Å². The van der Waals surface area contributed by atoms with Crippen LogP contribution in [0.25, 0.3) is 0 Å². The molecule has 1 atom stereocenters. The number of nitrogens with zero attached hydrogens (tertiary/aromatic N) is 2. The first-order valence-electron chi connectivity index (χ1n) is 4.57. The summed E-state index contributed by atoms with van der Waals surface area (Å²) in [6.07, 6.45) is 1.65. The molecule has 0 aliphatic heterocycles. The third-order valence-electron chi connectivity index (χ3n) is 1.85. The number of rotatable bonds is 5. The molecule has 1 heterocycles. The van der Waals surface area contributed by atoms with Crippen LogP contribution in [-0.4, -0.2) is 30.2 Å². The first-order chi connectivity index (χ1) is 6.76. The predicted octanol–water partition coefficient (Wildman–Crippen LogP) is 0.492. The lowest BCUT2D eigenvalue weighted by Gasteiger charge is -2.09. The molecule has 78 valence electrons. The standard InChI is InChI=1S/C9H16N4O/c1-7(5-10)6-12-9-11-4-3-8(13-9)14-2/h3-4,7H,5-6,10H2,1-2H3,(H,11,12,13). The summed E-state index contributed by atoms with van der Waals surface area (Å²) in [4.78, 5) is 8.16. The summed E-state index contributed by atoms with van der Waals surface area (Å²) < 4.78 is 4.97. The third kappa shape index (κ3) is 3.18. The van der Waals surface area contributed by atoms with E-state index >= 15 is 0 Å². The second-order valence-corrected chi connectivity index (χ2v) is 3.14. The number of nitrogens with one attached hydrogen (secondary N) is 1.